The molecule has 154 valence electrons. The van der Waals surface area contributed by atoms with E-state index in [9.17, 15) is 0 Å². The van der Waals surface area contributed by atoms with E-state index in [1.807, 2.05) is 0 Å². The molecule has 0 saturated heterocycles. The van der Waals surface area contributed by atoms with Gasteiger partial charge in [0.2, 0.25) is 0 Å². The zero-order valence-corrected chi connectivity index (χ0v) is 19.6. The molecule has 0 radical (unpaired) electrons. The fourth-order valence-corrected chi connectivity index (χ4v) is 4.75. The van der Waals surface area contributed by atoms with Gasteiger partial charge in [-0.25, -0.2) is 0 Å². The number of unbranched alkanes of at least 4 members (excludes halogenated alkanes) is 1. The highest BCUT2D eigenvalue weighted by Gasteiger charge is 2.39. The summed E-state index contributed by atoms with van der Waals surface area (Å²) in [4.78, 5) is 5.20. The number of hydrogen-bond donors (Lipinski definition) is 0. The summed E-state index contributed by atoms with van der Waals surface area (Å²) < 4.78 is 13.7. The quantitative estimate of drug-likeness (QED) is 0.480. The van der Waals surface area contributed by atoms with Gasteiger partial charge in [0, 0.05) is 27.6 Å². The molecule has 2 heterocycles. The van der Waals surface area contributed by atoms with E-state index < -0.39 is 0 Å². The first-order valence-electron chi connectivity index (χ1n) is 10.6. The second-order valence-electron chi connectivity index (χ2n) is 9.42. The number of hydrogen-bond acceptors (Lipinski definition) is 3. The van der Waals surface area contributed by atoms with Crippen LogP contribution >= 0.6 is 15.9 Å². The summed E-state index contributed by atoms with van der Waals surface area (Å²) in [6, 6.07) is 10.6. The van der Waals surface area contributed by atoms with Crippen molar-refractivity contribution in [3.63, 3.8) is 0 Å². The molecular formula is C25H30BrNO2. The fourth-order valence-electron chi connectivity index (χ4n) is 4.35. The molecule has 4 heteroatoms. The van der Waals surface area contributed by atoms with Gasteiger partial charge in [-0.2, -0.15) is 0 Å². The Morgan fingerprint density at radius 1 is 1.14 bits per heavy atom. The first kappa shape index (κ1) is 20.5. The van der Waals surface area contributed by atoms with Gasteiger partial charge >= 0.3 is 0 Å². The summed E-state index contributed by atoms with van der Waals surface area (Å²) in [6.07, 6.45) is 3.93. The first-order valence-corrected chi connectivity index (χ1v) is 11.4. The van der Waals surface area contributed by atoms with Gasteiger partial charge in [0.15, 0.2) is 11.5 Å². The van der Waals surface area contributed by atoms with Crippen LogP contribution in [0.15, 0.2) is 39.8 Å². The Labute approximate surface area is 182 Å². The Balaban J connectivity index is 1.90. The maximum Gasteiger partial charge on any atom is 0.166 e. The number of aliphatic imine (C=N–C) groups is 1. The predicted octanol–water partition coefficient (Wildman–Crippen LogP) is 6.51. The van der Waals surface area contributed by atoms with Crippen molar-refractivity contribution < 1.29 is 9.47 Å². The van der Waals surface area contributed by atoms with E-state index >= 15 is 0 Å². The maximum atomic E-state index is 6.39. The topological polar surface area (TPSA) is 30.8 Å². The van der Waals surface area contributed by atoms with Crippen molar-refractivity contribution in [2.24, 2.45) is 4.99 Å². The Morgan fingerprint density at radius 2 is 1.93 bits per heavy atom. The van der Waals surface area contributed by atoms with Crippen LogP contribution in [0.1, 0.15) is 69.7 Å². The van der Waals surface area contributed by atoms with E-state index in [0.29, 0.717) is 0 Å². The minimum absolute atomic E-state index is 0.158. The van der Waals surface area contributed by atoms with Crippen molar-refractivity contribution in [3.8, 4) is 11.5 Å². The van der Waals surface area contributed by atoms with Crippen LogP contribution in [0.25, 0.3) is 0 Å². The third-order valence-corrected chi connectivity index (χ3v) is 6.03. The van der Waals surface area contributed by atoms with Crippen LogP contribution in [0.2, 0.25) is 0 Å². The number of benzene rings is 2. The minimum Gasteiger partial charge on any atom is -0.490 e. The van der Waals surface area contributed by atoms with E-state index in [1.165, 1.54) is 16.7 Å². The van der Waals surface area contributed by atoms with Gasteiger partial charge in [-0.1, -0.05) is 41.4 Å². The lowest BCUT2D eigenvalue weighted by molar-refractivity contribution is 0.132. The average molecular weight is 456 g/mol. The van der Waals surface area contributed by atoms with Crippen molar-refractivity contribution >= 4 is 21.6 Å². The van der Waals surface area contributed by atoms with Crippen LogP contribution in [-0.4, -0.2) is 23.5 Å². The van der Waals surface area contributed by atoms with Crippen molar-refractivity contribution in [1.82, 2.24) is 0 Å². The molecule has 0 saturated carbocycles. The maximum absolute atomic E-state index is 6.39. The highest BCUT2D eigenvalue weighted by Crippen LogP contribution is 2.48. The molecule has 0 aromatic heterocycles. The molecule has 0 fully saturated rings. The molecule has 0 bridgehead atoms. The van der Waals surface area contributed by atoms with Gasteiger partial charge in [-0.05, 0) is 64.3 Å². The summed E-state index contributed by atoms with van der Waals surface area (Å²) in [5, 5.41) is 0. The smallest absolute Gasteiger partial charge is 0.166 e. The van der Waals surface area contributed by atoms with Crippen LogP contribution in [0, 0.1) is 0 Å². The van der Waals surface area contributed by atoms with E-state index in [0.717, 1.165) is 59.5 Å². The Morgan fingerprint density at radius 3 is 2.66 bits per heavy atom. The zero-order chi connectivity index (χ0) is 20.8. The van der Waals surface area contributed by atoms with Gasteiger partial charge in [0.25, 0.3) is 0 Å². The predicted molar refractivity (Wildman–Crippen MR) is 123 cm³/mol. The number of fused-ring (bicyclic) bond motifs is 3. The molecular weight excluding hydrogens is 426 g/mol. The lowest BCUT2D eigenvalue weighted by Gasteiger charge is -2.31. The lowest BCUT2D eigenvalue weighted by Crippen LogP contribution is -2.30. The van der Waals surface area contributed by atoms with Gasteiger partial charge in [-0.3, -0.25) is 4.99 Å². The summed E-state index contributed by atoms with van der Waals surface area (Å²) in [5.41, 5.74) is 5.60. The van der Waals surface area contributed by atoms with Crippen LogP contribution in [0.4, 0.5) is 0 Å². The SMILES string of the molecule is CCCCOc1cc2c(c3c1OC(C)(C)C3)C(c1cccc(Br)c1)=NC(C)(C)C2. The van der Waals surface area contributed by atoms with Crippen LogP contribution in [-0.2, 0) is 12.8 Å². The normalized spacial score (nSPS) is 18.5. The second kappa shape index (κ2) is 7.46. The molecule has 3 nitrogen and oxygen atoms in total. The monoisotopic (exact) mass is 455 g/mol. The summed E-state index contributed by atoms with van der Waals surface area (Å²) >= 11 is 3.62. The largest absolute Gasteiger partial charge is 0.490 e. The lowest BCUT2D eigenvalue weighted by atomic mass is 9.81. The molecule has 2 aromatic carbocycles. The van der Waals surface area contributed by atoms with E-state index in [4.69, 9.17) is 14.5 Å². The van der Waals surface area contributed by atoms with E-state index in [2.05, 4.69) is 80.9 Å². The van der Waals surface area contributed by atoms with E-state index in [1.54, 1.807) is 0 Å². The number of ether oxygens (including phenoxy) is 2. The molecule has 0 N–H and O–H groups in total. The third kappa shape index (κ3) is 4.09. The zero-order valence-electron chi connectivity index (χ0n) is 18.1. The fraction of sp³-hybridized carbons (Fsp3) is 0.480. The first-order chi connectivity index (χ1) is 13.7. The van der Waals surface area contributed by atoms with Crippen molar-refractivity contribution in [2.75, 3.05) is 6.61 Å². The highest BCUT2D eigenvalue weighted by atomic mass is 79.9. The summed E-state index contributed by atoms with van der Waals surface area (Å²) in [6.45, 7) is 11.6. The molecule has 2 aromatic rings. The molecule has 0 atom stereocenters. The molecule has 2 aliphatic rings. The van der Waals surface area contributed by atoms with Crippen LogP contribution < -0.4 is 9.47 Å². The van der Waals surface area contributed by atoms with Gasteiger partial charge in [-0.15, -0.1) is 0 Å². The Kier molecular flexibility index (Phi) is 5.27. The molecule has 0 spiro atoms. The number of rotatable bonds is 5. The standard InChI is InChI=1S/C25H30BrNO2/c1-6-7-11-28-20-13-17-14-24(2,3)27-22(16-9-8-10-18(26)12-16)21(17)19-15-25(4,5)29-23(19)20/h8-10,12-13H,6-7,11,14-15H2,1-5H3. The number of nitrogens with zero attached hydrogens (tertiary/aromatic N) is 1. The Bertz CT molecular complexity index is 975. The van der Waals surface area contributed by atoms with Gasteiger partial charge < -0.3 is 9.47 Å². The average Bonchev–Trinajstić information content (AvgIpc) is 2.95. The summed E-state index contributed by atoms with van der Waals surface area (Å²) in [5.74, 6) is 1.80. The highest BCUT2D eigenvalue weighted by molar-refractivity contribution is 9.10. The minimum atomic E-state index is -0.240. The molecule has 0 amide bonds. The molecule has 0 aliphatic carbocycles. The van der Waals surface area contributed by atoms with Gasteiger partial charge in [0.05, 0.1) is 17.9 Å². The van der Waals surface area contributed by atoms with Crippen molar-refractivity contribution in [1.29, 1.82) is 0 Å². The van der Waals surface area contributed by atoms with Crippen LogP contribution in [0.5, 0.6) is 11.5 Å². The molecule has 29 heavy (non-hydrogen) atoms. The van der Waals surface area contributed by atoms with Crippen molar-refractivity contribution in [2.45, 2.75) is 71.4 Å². The Hall–Kier alpha value is -1.81. The number of halogens is 1. The molecule has 4 rings (SSSR count). The molecule has 0 unspecified atom stereocenters. The van der Waals surface area contributed by atoms with Crippen LogP contribution in [0.3, 0.4) is 0 Å². The summed E-state index contributed by atoms with van der Waals surface area (Å²) in [7, 11) is 0. The molecule has 2 aliphatic heterocycles. The van der Waals surface area contributed by atoms with Crippen molar-refractivity contribution in [3.05, 3.63) is 57.1 Å². The van der Waals surface area contributed by atoms with Gasteiger partial charge in [0.1, 0.15) is 5.60 Å². The third-order valence-electron chi connectivity index (χ3n) is 5.53. The second-order valence-corrected chi connectivity index (χ2v) is 10.3. The van der Waals surface area contributed by atoms with E-state index in [-0.39, 0.29) is 11.1 Å².